The highest BCUT2D eigenvalue weighted by Crippen LogP contribution is 2.37. The summed E-state index contributed by atoms with van der Waals surface area (Å²) in [5.74, 6) is -0.214. The zero-order chi connectivity index (χ0) is 21.9. The molecule has 4 rings (SSSR count). The van der Waals surface area contributed by atoms with E-state index in [1.165, 1.54) is 10.4 Å². The molecule has 0 aliphatic carbocycles. The van der Waals surface area contributed by atoms with Crippen LogP contribution in [0.5, 0.6) is 0 Å². The molecule has 3 atom stereocenters. The van der Waals surface area contributed by atoms with E-state index in [4.69, 9.17) is 13.9 Å². The Kier molecular flexibility index (Phi) is 6.65. The first-order valence-corrected chi connectivity index (χ1v) is 13.4. The summed E-state index contributed by atoms with van der Waals surface area (Å²) in [5.41, 5.74) is 0. The highest BCUT2D eigenvalue weighted by atomic mass is 28.4. The topological polar surface area (TPSA) is 44.8 Å². The first-order valence-electron chi connectivity index (χ1n) is 11.5. The molecule has 5 heteroatoms. The van der Waals surface area contributed by atoms with E-state index in [9.17, 15) is 4.79 Å². The molecule has 0 unspecified atom stereocenters. The van der Waals surface area contributed by atoms with E-state index < -0.39 is 8.32 Å². The van der Waals surface area contributed by atoms with Crippen LogP contribution in [0.4, 0.5) is 0 Å². The Balaban J connectivity index is 1.64. The van der Waals surface area contributed by atoms with Crippen molar-refractivity contribution < 1.29 is 18.7 Å². The van der Waals surface area contributed by atoms with E-state index in [0.29, 0.717) is 13.2 Å². The van der Waals surface area contributed by atoms with Crippen molar-refractivity contribution in [1.29, 1.82) is 0 Å². The molecular weight excluding hydrogens is 404 g/mol. The number of fused-ring (bicyclic) bond motifs is 1. The lowest BCUT2D eigenvalue weighted by atomic mass is 9.95. The molecular formula is C26H34O4Si. The monoisotopic (exact) mass is 438 g/mol. The molecule has 0 spiro atoms. The largest absolute Gasteiger partial charge is 0.463 e. The van der Waals surface area contributed by atoms with Gasteiger partial charge < -0.3 is 13.9 Å². The normalized spacial score (nSPS) is 24.7. The molecule has 0 N–H and O–H groups in total. The lowest BCUT2D eigenvalue weighted by Crippen LogP contribution is -2.67. The molecule has 0 amide bonds. The van der Waals surface area contributed by atoms with Crippen molar-refractivity contribution in [2.45, 2.75) is 63.7 Å². The molecule has 2 aromatic rings. The SMILES string of the molecule is CC(C)(C)[Si](OC[C@@H]1CCCC[C@@H]2C(=O)OC[C@@H]2O1)(c1ccccc1)c1ccccc1. The third kappa shape index (κ3) is 4.50. The maximum atomic E-state index is 12.1. The van der Waals surface area contributed by atoms with Crippen molar-refractivity contribution in [2.75, 3.05) is 13.2 Å². The van der Waals surface area contributed by atoms with Gasteiger partial charge in [0.25, 0.3) is 8.32 Å². The predicted octanol–water partition coefficient (Wildman–Crippen LogP) is 4.06. The van der Waals surface area contributed by atoms with Crippen LogP contribution in [0.2, 0.25) is 5.04 Å². The van der Waals surface area contributed by atoms with Crippen LogP contribution in [0.25, 0.3) is 0 Å². The van der Waals surface area contributed by atoms with E-state index in [1.54, 1.807) is 0 Å². The molecule has 0 saturated carbocycles. The molecule has 2 heterocycles. The fraction of sp³-hybridized carbons (Fsp3) is 0.500. The minimum atomic E-state index is -2.59. The Bertz CT molecular complexity index is 822. The molecule has 0 aromatic heterocycles. The molecule has 2 fully saturated rings. The van der Waals surface area contributed by atoms with Crippen LogP contribution in [0.1, 0.15) is 46.5 Å². The van der Waals surface area contributed by atoms with Gasteiger partial charge in [-0.3, -0.25) is 4.79 Å². The maximum Gasteiger partial charge on any atom is 0.311 e. The molecule has 166 valence electrons. The molecule has 0 bridgehead atoms. The average molecular weight is 439 g/mol. The van der Waals surface area contributed by atoms with Gasteiger partial charge in [-0.2, -0.15) is 0 Å². The summed E-state index contributed by atoms with van der Waals surface area (Å²) in [6.07, 6.45) is 3.74. The molecule has 2 aromatic carbocycles. The van der Waals surface area contributed by atoms with Crippen LogP contribution in [-0.2, 0) is 18.7 Å². The van der Waals surface area contributed by atoms with Crippen molar-refractivity contribution in [3.05, 3.63) is 60.7 Å². The number of carbonyl (C=O) groups is 1. The second-order valence-electron chi connectivity index (χ2n) is 9.79. The van der Waals surface area contributed by atoms with Crippen LogP contribution in [0, 0.1) is 5.92 Å². The summed E-state index contributed by atoms with van der Waals surface area (Å²) in [6.45, 7) is 7.77. The number of hydrogen-bond acceptors (Lipinski definition) is 4. The van der Waals surface area contributed by atoms with E-state index in [2.05, 4.69) is 81.4 Å². The Morgan fingerprint density at radius 1 is 0.935 bits per heavy atom. The van der Waals surface area contributed by atoms with Crippen LogP contribution in [0.15, 0.2) is 60.7 Å². The van der Waals surface area contributed by atoms with E-state index >= 15 is 0 Å². The van der Waals surface area contributed by atoms with Crippen molar-refractivity contribution in [2.24, 2.45) is 5.92 Å². The fourth-order valence-electron chi connectivity index (χ4n) is 5.13. The van der Waals surface area contributed by atoms with Gasteiger partial charge in [0.15, 0.2) is 0 Å². The first kappa shape index (κ1) is 22.2. The molecule has 2 aliphatic rings. The van der Waals surface area contributed by atoms with Gasteiger partial charge in [-0.25, -0.2) is 0 Å². The Morgan fingerprint density at radius 3 is 2.10 bits per heavy atom. The molecule has 31 heavy (non-hydrogen) atoms. The van der Waals surface area contributed by atoms with E-state index in [-0.39, 0.29) is 29.1 Å². The Labute approximate surface area is 187 Å². The molecule has 4 nitrogen and oxygen atoms in total. The van der Waals surface area contributed by atoms with Crippen molar-refractivity contribution in [3.8, 4) is 0 Å². The van der Waals surface area contributed by atoms with Crippen LogP contribution >= 0.6 is 0 Å². The number of carbonyl (C=O) groups excluding carboxylic acids is 1. The third-order valence-corrected chi connectivity index (χ3v) is 11.7. The van der Waals surface area contributed by atoms with Gasteiger partial charge in [0.2, 0.25) is 0 Å². The second kappa shape index (κ2) is 9.27. The van der Waals surface area contributed by atoms with Gasteiger partial charge in [-0.15, -0.1) is 0 Å². The van der Waals surface area contributed by atoms with Gasteiger partial charge in [0.1, 0.15) is 12.7 Å². The highest BCUT2D eigenvalue weighted by Gasteiger charge is 2.50. The average Bonchev–Trinajstić information content (AvgIpc) is 3.08. The number of esters is 1. The molecule has 2 aliphatic heterocycles. The third-order valence-electron chi connectivity index (χ3n) is 6.70. The van der Waals surface area contributed by atoms with Gasteiger partial charge in [0.05, 0.1) is 18.6 Å². The zero-order valence-corrected chi connectivity index (χ0v) is 19.9. The Morgan fingerprint density at radius 2 is 1.52 bits per heavy atom. The van der Waals surface area contributed by atoms with Gasteiger partial charge >= 0.3 is 5.97 Å². The fourth-order valence-corrected chi connectivity index (χ4v) is 9.72. The minimum Gasteiger partial charge on any atom is -0.463 e. The van der Waals surface area contributed by atoms with E-state index in [1.807, 2.05) is 0 Å². The summed E-state index contributed by atoms with van der Waals surface area (Å²) < 4.78 is 18.8. The van der Waals surface area contributed by atoms with Gasteiger partial charge in [0, 0.05) is 0 Å². The summed E-state index contributed by atoms with van der Waals surface area (Å²) in [5, 5.41) is 2.49. The number of cyclic esters (lactones) is 1. The van der Waals surface area contributed by atoms with Crippen LogP contribution in [0.3, 0.4) is 0 Å². The van der Waals surface area contributed by atoms with Crippen molar-refractivity contribution in [1.82, 2.24) is 0 Å². The van der Waals surface area contributed by atoms with Crippen molar-refractivity contribution >= 4 is 24.7 Å². The summed E-state index contributed by atoms with van der Waals surface area (Å²) in [7, 11) is -2.59. The number of rotatable bonds is 5. The maximum absolute atomic E-state index is 12.1. The number of benzene rings is 2. The Hall–Kier alpha value is -1.95. The van der Waals surface area contributed by atoms with Crippen LogP contribution < -0.4 is 10.4 Å². The molecule has 0 radical (unpaired) electrons. The summed E-state index contributed by atoms with van der Waals surface area (Å²) >= 11 is 0. The minimum absolute atomic E-state index is 0.0241. The first-order chi connectivity index (χ1) is 14.9. The number of hydrogen-bond donors (Lipinski definition) is 0. The standard InChI is InChI=1S/C26H34O4Si/c1-26(2,3)31(21-13-6-4-7-14-21,22-15-8-5-9-16-22)29-18-20-12-10-11-17-23-24(30-20)19-28-25(23)27/h4-9,13-16,20,23-24H,10-12,17-19H2,1-3H3/t20-,23-,24-/m0/s1. The second-order valence-corrected chi connectivity index (χ2v) is 14.1. The van der Waals surface area contributed by atoms with E-state index in [0.717, 1.165) is 25.7 Å². The van der Waals surface area contributed by atoms with Crippen LogP contribution in [-0.4, -0.2) is 39.7 Å². The predicted molar refractivity (Wildman–Crippen MR) is 125 cm³/mol. The smallest absolute Gasteiger partial charge is 0.311 e. The molecule has 2 saturated heterocycles. The lowest BCUT2D eigenvalue weighted by molar-refractivity contribution is -0.141. The summed E-state index contributed by atoms with van der Waals surface area (Å²) in [6, 6.07) is 21.4. The zero-order valence-electron chi connectivity index (χ0n) is 18.9. The summed E-state index contributed by atoms with van der Waals surface area (Å²) in [4.78, 5) is 12.1. The highest BCUT2D eigenvalue weighted by molar-refractivity contribution is 6.99. The number of ether oxygens (including phenoxy) is 2. The lowest BCUT2D eigenvalue weighted by Gasteiger charge is -2.44. The van der Waals surface area contributed by atoms with Gasteiger partial charge in [-0.1, -0.05) is 94.3 Å². The van der Waals surface area contributed by atoms with Crippen molar-refractivity contribution in [3.63, 3.8) is 0 Å². The quantitative estimate of drug-likeness (QED) is 0.522. The van der Waals surface area contributed by atoms with Gasteiger partial charge in [-0.05, 0) is 28.3 Å².